The van der Waals surface area contributed by atoms with Crippen molar-refractivity contribution in [3.8, 4) is 22.1 Å². The summed E-state index contributed by atoms with van der Waals surface area (Å²) in [5.41, 5.74) is 0.937. The molecule has 2 aromatic rings. The first-order valence-electron chi connectivity index (χ1n) is 7.60. The van der Waals surface area contributed by atoms with E-state index in [-0.39, 0.29) is 31.1 Å². The number of aromatic nitrogens is 1. The molecule has 3 heterocycles. The summed E-state index contributed by atoms with van der Waals surface area (Å²) in [4.78, 5) is 19.7. The quantitative estimate of drug-likeness (QED) is 0.883. The van der Waals surface area contributed by atoms with E-state index in [0.29, 0.717) is 4.88 Å². The van der Waals surface area contributed by atoms with Gasteiger partial charge in [-0.15, -0.1) is 23.7 Å². The summed E-state index contributed by atoms with van der Waals surface area (Å²) in [5, 5.41) is 4.11. The van der Waals surface area contributed by atoms with Gasteiger partial charge in [0.05, 0.1) is 6.20 Å². The van der Waals surface area contributed by atoms with Gasteiger partial charge in [0.1, 0.15) is 9.88 Å². The lowest BCUT2D eigenvalue weighted by atomic mass is 10.2. The molecule has 8 heteroatoms. The highest BCUT2D eigenvalue weighted by Gasteiger charge is 2.26. The van der Waals surface area contributed by atoms with Crippen LogP contribution in [0.3, 0.4) is 0 Å². The number of hydrogen-bond acceptors (Lipinski definition) is 6. The summed E-state index contributed by atoms with van der Waals surface area (Å²) < 4.78 is 10.7. The van der Waals surface area contributed by atoms with Crippen LogP contribution in [-0.4, -0.2) is 48.3 Å². The molecule has 1 atom stereocenters. The molecule has 6 nitrogen and oxygen atoms in total. The Kier molecular flexibility index (Phi) is 4.93. The van der Waals surface area contributed by atoms with E-state index in [1.54, 1.807) is 6.20 Å². The zero-order valence-electron chi connectivity index (χ0n) is 13.2. The number of nitrogens with zero attached hydrogens (tertiary/aromatic N) is 2. The number of fused-ring (bicyclic) bond motifs is 1. The third kappa shape index (κ3) is 3.07. The molecule has 1 N–H and O–H groups in total. The summed E-state index contributed by atoms with van der Waals surface area (Å²) >= 11 is 1.42. The summed E-state index contributed by atoms with van der Waals surface area (Å²) in [6.45, 7) is 4.71. The molecule has 1 unspecified atom stereocenters. The Morgan fingerprint density at radius 2 is 2.21 bits per heavy atom. The maximum Gasteiger partial charge on any atom is 0.265 e. The second-order valence-corrected chi connectivity index (χ2v) is 6.68. The number of benzene rings is 1. The molecule has 0 aliphatic carbocycles. The second kappa shape index (κ2) is 6.96. The number of amides is 1. The number of nitrogens with one attached hydrogen (secondary N) is 1. The molecule has 1 amide bonds. The molecule has 1 fully saturated rings. The first-order chi connectivity index (χ1) is 11.2. The molecule has 0 saturated carbocycles. The molecule has 2 aliphatic rings. The Labute approximate surface area is 150 Å². The highest BCUT2D eigenvalue weighted by atomic mass is 35.5. The molecule has 1 aromatic carbocycles. The van der Waals surface area contributed by atoms with E-state index < -0.39 is 0 Å². The average molecular weight is 368 g/mol. The summed E-state index contributed by atoms with van der Waals surface area (Å²) in [5.74, 6) is 1.53. The van der Waals surface area contributed by atoms with Crippen molar-refractivity contribution in [3.05, 3.63) is 29.3 Å². The van der Waals surface area contributed by atoms with Crippen molar-refractivity contribution in [3.63, 3.8) is 0 Å². The molecule has 0 spiro atoms. The largest absolute Gasteiger partial charge is 0.454 e. The van der Waals surface area contributed by atoms with Crippen molar-refractivity contribution < 1.29 is 14.3 Å². The van der Waals surface area contributed by atoms with Gasteiger partial charge in [-0.1, -0.05) is 0 Å². The van der Waals surface area contributed by atoms with Crippen LogP contribution in [0.25, 0.3) is 10.6 Å². The fraction of sp³-hybridized carbons (Fsp3) is 0.375. The summed E-state index contributed by atoms with van der Waals surface area (Å²) in [6, 6.07) is 5.92. The lowest BCUT2D eigenvalue weighted by Gasteiger charge is -2.33. The van der Waals surface area contributed by atoms with E-state index in [9.17, 15) is 4.79 Å². The number of halogens is 1. The van der Waals surface area contributed by atoms with Gasteiger partial charge in [0.15, 0.2) is 11.5 Å². The van der Waals surface area contributed by atoms with E-state index >= 15 is 0 Å². The van der Waals surface area contributed by atoms with Crippen LogP contribution in [0.4, 0.5) is 0 Å². The van der Waals surface area contributed by atoms with Crippen molar-refractivity contribution in [2.45, 2.75) is 13.0 Å². The smallest absolute Gasteiger partial charge is 0.265 e. The number of rotatable bonds is 2. The minimum absolute atomic E-state index is 0. The van der Waals surface area contributed by atoms with E-state index in [0.717, 1.165) is 41.7 Å². The van der Waals surface area contributed by atoms with Crippen molar-refractivity contribution >= 4 is 29.7 Å². The molecular formula is C16H18ClN3O3S. The molecule has 128 valence electrons. The lowest BCUT2D eigenvalue weighted by Crippen LogP contribution is -2.52. The highest BCUT2D eigenvalue weighted by molar-refractivity contribution is 7.16. The van der Waals surface area contributed by atoms with Crippen molar-refractivity contribution in [2.24, 2.45) is 0 Å². The SMILES string of the molecule is CC1CNCCN1C(=O)c1cnc(-c2ccc3c(c2)OCO3)s1.Cl. The molecule has 0 radical (unpaired) electrons. The molecule has 24 heavy (non-hydrogen) atoms. The average Bonchev–Trinajstić information content (AvgIpc) is 3.23. The standard InChI is InChI=1S/C16H17N3O3S.ClH/c1-10-7-17-4-5-19(10)16(20)14-8-18-15(23-14)11-2-3-12-13(6-11)22-9-21-12;/h2-3,6,8,10,17H,4-5,7,9H2,1H3;1H. The first kappa shape index (κ1) is 17.0. The van der Waals surface area contributed by atoms with E-state index in [2.05, 4.69) is 17.2 Å². The molecule has 0 bridgehead atoms. The monoisotopic (exact) mass is 367 g/mol. The molecule has 1 aromatic heterocycles. The predicted octanol–water partition coefficient (Wildman–Crippen LogP) is 2.39. The Balaban J connectivity index is 0.00000169. The predicted molar refractivity (Wildman–Crippen MR) is 94.3 cm³/mol. The Morgan fingerprint density at radius 1 is 1.38 bits per heavy atom. The fourth-order valence-electron chi connectivity index (χ4n) is 2.82. The van der Waals surface area contributed by atoms with E-state index in [1.165, 1.54) is 11.3 Å². The topological polar surface area (TPSA) is 63.7 Å². The minimum atomic E-state index is 0. The van der Waals surface area contributed by atoms with Gasteiger partial charge < -0.3 is 19.7 Å². The fourth-order valence-corrected chi connectivity index (χ4v) is 3.69. The number of carbonyl (C=O) groups excluding carboxylic acids is 1. The van der Waals surface area contributed by atoms with Gasteiger partial charge in [-0.05, 0) is 25.1 Å². The van der Waals surface area contributed by atoms with Gasteiger partial charge in [-0.3, -0.25) is 4.79 Å². The number of piperazine rings is 1. The summed E-state index contributed by atoms with van der Waals surface area (Å²) in [7, 11) is 0. The normalized spacial score (nSPS) is 19.0. The van der Waals surface area contributed by atoms with Crippen molar-refractivity contribution in [2.75, 3.05) is 26.4 Å². The highest BCUT2D eigenvalue weighted by Crippen LogP contribution is 2.37. The van der Waals surface area contributed by atoms with Crippen LogP contribution in [-0.2, 0) is 0 Å². The lowest BCUT2D eigenvalue weighted by molar-refractivity contribution is 0.0660. The van der Waals surface area contributed by atoms with Crippen LogP contribution < -0.4 is 14.8 Å². The van der Waals surface area contributed by atoms with Gasteiger partial charge in [0.2, 0.25) is 6.79 Å². The van der Waals surface area contributed by atoms with Crippen molar-refractivity contribution in [1.29, 1.82) is 0 Å². The van der Waals surface area contributed by atoms with Crippen LogP contribution in [0.5, 0.6) is 11.5 Å². The Morgan fingerprint density at radius 3 is 3.04 bits per heavy atom. The Bertz CT molecular complexity index is 752. The maximum absolute atomic E-state index is 12.7. The Hall–Kier alpha value is -1.83. The van der Waals surface area contributed by atoms with Crippen LogP contribution in [0.15, 0.2) is 24.4 Å². The van der Waals surface area contributed by atoms with Gasteiger partial charge >= 0.3 is 0 Å². The molecule has 2 aliphatic heterocycles. The van der Waals surface area contributed by atoms with Gasteiger partial charge in [-0.2, -0.15) is 0 Å². The van der Waals surface area contributed by atoms with E-state index in [4.69, 9.17) is 9.47 Å². The zero-order chi connectivity index (χ0) is 15.8. The number of thiazole rings is 1. The zero-order valence-corrected chi connectivity index (χ0v) is 14.8. The third-order valence-corrected chi connectivity index (χ3v) is 5.13. The molecule has 4 rings (SSSR count). The van der Waals surface area contributed by atoms with Gasteiger partial charge in [0, 0.05) is 31.2 Å². The van der Waals surface area contributed by atoms with Crippen molar-refractivity contribution in [1.82, 2.24) is 15.2 Å². The second-order valence-electron chi connectivity index (χ2n) is 5.65. The van der Waals surface area contributed by atoms with Crippen LogP contribution in [0.1, 0.15) is 16.6 Å². The molecule has 1 saturated heterocycles. The number of hydrogen-bond donors (Lipinski definition) is 1. The van der Waals surface area contributed by atoms with Crippen LogP contribution >= 0.6 is 23.7 Å². The summed E-state index contributed by atoms with van der Waals surface area (Å²) in [6.07, 6.45) is 1.67. The van der Waals surface area contributed by atoms with E-state index in [1.807, 2.05) is 23.1 Å². The van der Waals surface area contributed by atoms with Crippen LogP contribution in [0, 0.1) is 0 Å². The van der Waals surface area contributed by atoms with Gasteiger partial charge in [-0.25, -0.2) is 4.98 Å². The number of ether oxygens (including phenoxy) is 2. The molecular weight excluding hydrogens is 350 g/mol. The minimum Gasteiger partial charge on any atom is -0.454 e. The number of carbonyl (C=O) groups is 1. The maximum atomic E-state index is 12.7. The third-order valence-electron chi connectivity index (χ3n) is 4.10. The van der Waals surface area contributed by atoms with Gasteiger partial charge in [0.25, 0.3) is 5.91 Å². The van der Waals surface area contributed by atoms with Crippen LogP contribution in [0.2, 0.25) is 0 Å². The first-order valence-corrected chi connectivity index (χ1v) is 8.41.